The fourth-order valence-electron chi connectivity index (χ4n) is 4.74. The molecule has 0 aliphatic carbocycles. The number of rotatable bonds is 10. The van der Waals surface area contributed by atoms with E-state index in [2.05, 4.69) is 90.4 Å². The number of halogens is 1. The molecule has 3 rings (SSSR count). The lowest BCUT2D eigenvalue weighted by Crippen LogP contribution is -3.00. The van der Waals surface area contributed by atoms with Gasteiger partial charge in [-0.05, 0) is 63.4 Å². The van der Waals surface area contributed by atoms with Gasteiger partial charge in [0.1, 0.15) is 11.6 Å². The average molecular weight is 614 g/mol. The van der Waals surface area contributed by atoms with Crippen molar-refractivity contribution < 1.29 is 31.3 Å². The van der Waals surface area contributed by atoms with Crippen LogP contribution in [-0.2, 0) is 15.7 Å². The van der Waals surface area contributed by atoms with Gasteiger partial charge < -0.3 is 32.4 Å². The van der Waals surface area contributed by atoms with Crippen molar-refractivity contribution in [2.75, 3.05) is 6.16 Å². The van der Waals surface area contributed by atoms with E-state index >= 15 is 0 Å². The average Bonchev–Trinajstić information content (AvgIpc) is 2.87. The molecule has 2 N–H and O–H groups in total. The Bertz CT molecular complexity index is 1130. The number of ether oxygens (including phenoxy) is 1. The van der Waals surface area contributed by atoms with E-state index in [0.29, 0.717) is 0 Å². The van der Waals surface area contributed by atoms with Gasteiger partial charge in [-0.1, -0.05) is 80.6 Å². The number of alkyl carbamates (subject to hydrolysis) is 1. The van der Waals surface area contributed by atoms with Gasteiger partial charge in [-0.3, -0.25) is 4.79 Å². The summed E-state index contributed by atoms with van der Waals surface area (Å²) >= 11 is 0. The minimum absolute atomic E-state index is 0. The molecule has 0 saturated carbocycles. The van der Waals surface area contributed by atoms with E-state index in [9.17, 15) is 9.59 Å². The lowest BCUT2D eigenvalue weighted by Gasteiger charge is -2.31. The molecule has 1 unspecified atom stereocenters. The first kappa shape index (κ1) is 32.5. The van der Waals surface area contributed by atoms with Gasteiger partial charge in [-0.25, -0.2) is 4.79 Å². The standard InChI is InChI=1S/C32H41N2O3P.BrH/c1-24(2)29(34-31(36)37-32(4,5)6)30(35)33-25(3)22-38(27-18-12-8-13-19-27,28-20-14-9-15-21-28)23-26-16-10-7-11-17-26;/h7-21,24-25,29H,22-23H2,1-6H3,(H-,33,34,35,36);1H/t25-,29?;/m0./s1. The second-order valence-corrected chi connectivity index (χ2v) is 14.9. The van der Waals surface area contributed by atoms with Crippen LogP contribution in [0.5, 0.6) is 0 Å². The third-order valence-corrected chi connectivity index (χ3v) is 11.0. The molecule has 2 atom stereocenters. The van der Waals surface area contributed by atoms with Gasteiger partial charge in [-0.2, -0.15) is 0 Å². The zero-order valence-electron chi connectivity index (χ0n) is 23.9. The predicted molar refractivity (Wildman–Crippen MR) is 160 cm³/mol. The van der Waals surface area contributed by atoms with Crippen LogP contribution in [0.3, 0.4) is 0 Å². The van der Waals surface area contributed by atoms with E-state index in [1.807, 2.05) is 52.8 Å². The van der Waals surface area contributed by atoms with Crippen LogP contribution in [0.25, 0.3) is 0 Å². The van der Waals surface area contributed by atoms with Gasteiger partial charge in [0.2, 0.25) is 5.91 Å². The van der Waals surface area contributed by atoms with Crippen LogP contribution in [0, 0.1) is 5.92 Å². The van der Waals surface area contributed by atoms with Gasteiger partial charge in [0.15, 0.2) is 0 Å². The Morgan fingerprint density at radius 1 is 0.769 bits per heavy atom. The Morgan fingerprint density at radius 3 is 1.67 bits per heavy atom. The Labute approximate surface area is 245 Å². The SMILES string of the molecule is CC(C)C(NC(=O)OC(C)(C)C)C(=O)N[C@@H](C)C[P+](Cc1ccccc1)(c1ccccc1)c1ccccc1.[Br-]. The summed E-state index contributed by atoms with van der Waals surface area (Å²) in [5.41, 5.74) is 0.640. The number of nitrogens with one attached hydrogen (secondary N) is 2. The van der Waals surface area contributed by atoms with Crippen molar-refractivity contribution in [2.45, 2.75) is 65.4 Å². The van der Waals surface area contributed by atoms with Gasteiger partial charge in [0.25, 0.3) is 0 Å². The highest BCUT2D eigenvalue weighted by Gasteiger charge is 2.44. The fraction of sp³-hybridized carbons (Fsp3) is 0.375. The second kappa shape index (κ2) is 14.6. The zero-order valence-corrected chi connectivity index (χ0v) is 26.3. The van der Waals surface area contributed by atoms with E-state index in [4.69, 9.17) is 4.74 Å². The molecule has 2 amide bonds. The van der Waals surface area contributed by atoms with E-state index in [1.165, 1.54) is 16.2 Å². The van der Waals surface area contributed by atoms with Crippen molar-refractivity contribution in [3.8, 4) is 0 Å². The van der Waals surface area contributed by atoms with Crippen molar-refractivity contribution >= 4 is 29.9 Å². The van der Waals surface area contributed by atoms with Gasteiger partial charge in [-0.15, -0.1) is 0 Å². The predicted octanol–water partition coefficient (Wildman–Crippen LogP) is 2.91. The highest BCUT2D eigenvalue weighted by Crippen LogP contribution is 2.59. The van der Waals surface area contributed by atoms with Crippen LogP contribution in [0.1, 0.15) is 47.1 Å². The molecule has 5 nitrogen and oxygen atoms in total. The molecule has 3 aromatic carbocycles. The molecule has 0 bridgehead atoms. The molecule has 0 aromatic heterocycles. The molecule has 39 heavy (non-hydrogen) atoms. The minimum atomic E-state index is -1.97. The van der Waals surface area contributed by atoms with E-state index in [1.54, 1.807) is 0 Å². The molecular weight excluding hydrogens is 571 g/mol. The monoisotopic (exact) mass is 612 g/mol. The van der Waals surface area contributed by atoms with Gasteiger partial charge >= 0.3 is 6.09 Å². The maximum atomic E-state index is 13.4. The van der Waals surface area contributed by atoms with E-state index < -0.39 is 25.0 Å². The quantitative estimate of drug-likeness (QED) is 0.346. The Balaban J connectivity index is 0.00000533. The minimum Gasteiger partial charge on any atom is -1.00 e. The van der Waals surface area contributed by atoms with Crippen LogP contribution in [-0.4, -0.2) is 35.8 Å². The molecule has 0 aliphatic heterocycles. The molecule has 0 heterocycles. The first-order chi connectivity index (χ1) is 18.0. The summed E-state index contributed by atoms with van der Waals surface area (Å²) in [5, 5.41) is 8.63. The highest BCUT2D eigenvalue weighted by atomic mass is 79.9. The fourth-order valence-corrected chi connectivity index (χ4v) is 9.30. The molecular formula is C32H42BrN2O3P. The summed E-state index contributed by atoms with van der Waals surface area (Å²) < 4.78 is 5.41. The number of hydrogen-bond donors (Lipinski definition) is 2. The molecule has 210 valence electrons. The molecule has 3 aromatic rings. The van der Waals surface area contributed by atoms with Crippen molar-refractivity contribution in [1.29, 1.82) is 0 Å². The van der Waals surface area contributed by atoms with Crippen molar-refractivity contribution in [2.24, 2.45) is 5.92 Å². The van der Waals surface area contributed by atoms with Crippen molar-refractivity contribution in [1.82, 2.24) is 10.6 Å². The summed E-state index contributed by atoms with van der Waals surface area (Å²) in [5.74, 6) is -0.292. The van der Waals surface area contributed by atoms with Crippen molar-refractivity contribution in [3.63, 3.8) is 0 Å². The Hall–Kier alpha value is -2.69. The van der Waals surface area contributed by atoms with Crippen LogP contribution in [0.4, 0.5) is 4.79 Å². The number of carbonyl (C=O) groups is 2. The maximum absolute atomic E-state index is 13.4. The molecule has 0 spiro atoms. The molecule has 0 radical (unpaired) electrons. The van der Waals surface area contributed by atoms with Gasteiger partial charge in [0.05, 0.1) is 36.2 Å². The van der Waals surface area contributed by atoms with Crippen molar-refractivity contribution in [3.05, 3.63) is 96.6 Å². The van der Waals surface area contributed by atoms with Gasteiger partial charge in [0, 0.05) is 0 Å². The molecule has 7 heteroatoms. The highest BCUT2D eigenvalue weighted by molar-refractivity contribution is 7.88. The Morgan fingerprint density at radius 2 is 1.23 bits per heavy atom. The number of benzene rings is 3. The summed E-state index contributed by atoms with van der Waals surface area (Å²) in [7, 11) is -1.97. The third-order valence-electron chi connectivity index (χ3n) is 6.39. The molecule has 0 saturated heterocycles. The first-order valence-electron chi connectivity index (χ1n) is 13.3. The second-order valence-electron chi connectivity index (χ2n) is 11.2. The third kappa shape index (κ3) is 9.47. The summed E-state index contributed by atoms with van der Waals surface area (Å²) in [4.78, 5) is 25.9. The first-order valence-corrected chi connectivity index (χ1v) is 15.5. The van der Waals surface area contributed by atoms with Crippen LogP contribution in [0.15, 0.2) is 91.0 Å². The zero-order chi connectivity index (χ0) is 27.8. The summed E-state index contributed by atoms with van der Waals surface area (Å²) in [6.45, 7) is 11.3. The normalized spacial score (nSPS) is 13.1. The van der Waals surface area contributed by atoms with Crippen LogP contribution in [0.2, 0.25) is 0 Å². The lowest BCUT2D eigenvalue weighted by atomic mass is 10.0. The smallest absolute Gasteiger partial charge is 0.408 e. The topological polar surface area (TPSA) is 67.4 Å². The lowest BCUT2D eigenvalue weighted by molar-refractivity contribution is -0.124. The molecule has 0 fully saturated rings. The number of carbonyl (C=O) groups excluding carboxylic acids is 2. The summed E-state index contributed by atoms with van der Waals surface area (Å²) in [6.07, 6.45) is 1.10. The summed E-state index contributed by atoms with van der Waals surface area (Å²) in [6, 6.07) is 31.1. The maximum Gasteiger partial charge on any atom is 0.408 e. The van der Waals surface area contributed by atoms with Crippen LogP contribution >= 0.6 is 7.26 Å². The van der Waals surface area contributed by atoms with Crippen LogP contribution < -0.4 is 38.2 Å². The Kier molecular flexibility index (Phi) is 12.2. The molecule has 0 aliphatic rings. The largest absolute Gasteiger partial charge is 1.00 e. The van der Waals surface area contributed by atoms with E-state index in [0.717, 1.165) is 12.3 Å². The number of amides is 2. The number of hydrogen-bond acceptors (Lipinski definition) is 3. The van der Waals surface area contributed by atoms with E-state index in [-0.39, 0.29) is 34.8 Å².